The highest BCUT2D eigenvalue weighted by Gasteiger charge is 2.29. The summed E-state index contributed by atoms with van der Waals surface area (Å²) < 4.78 is 15.6. The van der Waals surface area contributed by atoms with Gasteiger partial charge in [-0.3, -0.25) is 19.2 Å². The van der Waals surface area contributed by atoms with Crippen molar-refractivity contribution in [1.82, 2.24) is 16.0 Å². The maximum absolute atomic E-state index is 13.2. The quantitative estimate of drug-likeness (QED) is 0.0244. The van der Waals surface area contributed by atoms with E-state index in [1.54, 1.807) is 63.2 Å². The van der Waals surface area contributed by atoms with Crippen LogP contribution in [0.15, 0.2) is 109 Å². The van der Waals surface area contributed by atoms with E-state index in [1.165, 1.54) is 0 Å². The lowest BCUT2D eigenvalue weighted by atomic mass is 9.90. The van der Waals surface area contributed by atoms with Crippen molar-refractivity contribution in [2.75, 3.05) is 13.1 Å². The summed E-state index contributed by atoms with van der Waals surface area (Å²) in [7, 11) is 0. The molecule has 4 rings (SSSR count). The number of ether oxygens (including phenoxy) is 3. The molecule has 16 nitrogen and oxygen atoms in total. The first kappa shape index (κ1) is 58.8. The second-order valence-electron chi connectivity index (χ2n) is 17.9. The van der Waals surface area contributed by atoms with Gasteiger partial charge in [-0.2, -0.15) is 0 Å². The third kappa shape index (κ3) is 24.8. The fraction of sp³-hybridized carbons (Fsp3) is 0.415. The van der Waals surface area contributed by atoms with E-state index in [1.807, 2.05) is 66.7 Å². The fourth-order valence-electron chi connectivity index (χ4n) is 7.01. The minimum atomic E-state index is -0.871. The number of unbranched alkanes of at least 4 members (excludes halogenated alkanes) is 2. The van der Waals surface area contributed by atoms with E-state index in [0.29, 0.717) is 80.1 Å². The van der Waals surface area contributed by atoms with E-state index >= 15 is 0 Å². The molecule has 384 valence electrons. The lowest BCUT2D eigenvalue weighted by molar-refractivity contribution is -0.128. The van der Waals surface area contributed by atoms with Crippen LogP contribution in [-0.2, 0) is 59.4 Å². The van der Waals surface area contributed by atoms with Gasteiger partial charge in [-0.15, -0.1) is 0 Å². The lowest BCUT2D eigenvalue weighted by Gasteiger charge is -2.24. The van der Waals surface area contributed by atoms with Crippen LogP contribution >= 0.6 is 23.2 Å². The van der Waals surface area contributed by atoms with E-state index in [2.05, 4.69) is 16.0 Å². The molecule has 0 saturated carbocycles. The van der Waals surface area contributed by atoms with Gasteiger partial charge < -0.3 is 47.4 Å². The number of carbonyl (C=O) groups is 7. The minimum absolute atomic E-state index is 0.0258. The Morgan fingerprint density at radius 1 is 0.549 bits per heavy atom. The number of benzene rings is 4. The molecule has 9 N–H and O–H groups in total. The normalized spacial score (nSPS) is 12.6. The van der Waals surface area contributed by atoms with E-state index in [4.69, 9.17) is 54.6 Å². The summed E-state index contributed by atoms with van der Waals surface area (Å²) in [4.78, 5) is 85.7. The third-order valence-corrected chi connectivity index (χ3v) is 11.6. The van der Waals surface area contributed by atoms with Crippen LogP contribution in [0.3, 0.4) is 0 Å². The van der Waals surface area contributed by atoms with Crippen molar-refractivity contribution < 1.29 is 47.8 Å². The smallest absolute Gasteiger partial charge is 0.408 e. The van der Waals surface area contributed by atoms with Crippen molar-refractivity contribution in [3.05, 3.63) is 141 Å². The Labute approximate surface area is 426 Å². The Kier molecular flexibility index (Phi) is 26.2. The zero-order valence-electron chi connectivity index (χ0n) is 40.7. The predicted molar refractivity (Wildman–Crippen MR) is 273 cm³/mol. The summed E-state index contributed by atoms with van der Waals surface area (Å²) in [5.41, 5.74) is 19.6. The second kappa shape index (κ2) is 31.7. The maximum atomic E-state index is 13.2. The Balaban J connectivity index is 0.000000383. The van der Waals surface area contributed by atoms with Crippen LogP contribution in [-0.4, -0.2) is 72.4 Å². The molecule has 0 heterocycles. The monoisotopic (exact) mass is 1020 g/mol. The Hall–Kier alpha value is -6.49. The van der Waals surface area contributed by atoms with Crippen LogP contribution in [0.2, 0.25) is 10.0 Å². The highest BCUT2D eigenvalue weighted by molar-refractivity contribution is 6.31. The molecule has 0 aliphatic carbocycles. The van der Waals surface area contributed by atoms with Crippen molar-refractivity contribution in [2.24, 2.45) is 29.0 Å². The molecule has 0 radical (unpaired) electrons. The highest BCUT2D eigenvalue weighted by Crippen LogP contribution is 2.19. The summed E-state index contributed by atoms with van der Waals surface area (Å²) >= 11 is 12.1. The molecule has 0 saturated heterocycles. The second-order valence-corrected chi connectivity index (χ2v) is 18.7. The summed E-state index contributed by atoms with van der Waals surface area (Å²) in [6, 6.07) is 31.4. The van der Waals surface area contributed by atoms with Gasteiger partial charge in [-0.1, -0.05) is 120 Å². The van der Waals surface area contributed by atoms with Crippen LogP contribution in [0, 0.1) is 11.8 Å². The van der Waals surface area contributed by atoms with Crippen LogP contribution < -0.4 is 33.2 Å². The number of primary amides is 2. The van der Waals surface area contributed by atoms with Gasteiger partial charge in [0.15, 0.2) is 5.78 Å². The molecular formula is C53H68Cl2N6O10. The minimum Gasteiger partial charge on any atom is -0.445 e. The zero-order valence-corrected chi connectivity index (χ0v) is 42.2. The van der Waals surface area contributed by atoms with Crippen molar-refractivity contribution in [1.29, 1.82) is 0 Å². The van der Waals surface area contributed by atoms with Crippen LogP contribution in [0.5, 0.6) is 0 Å². The van der Waals surface area contributed by atoms with E-state index in [0.717, 1.165) is 16.7 Å². The molecule has 4 atom stereocenters. The average Bonchev–Trinajstić information content (AvgIpc) is 3.32. The molecule has 0 aliphatic rings. The Morgan fingerprint density at radius 3 is 1.38 bits per heavy atom. The average molecular weight is 1020 g/mol. The summed E-state index contributed by atoms with van der Waals surface area (Å²) in [6.07, 6.45) is 1.91. The van der Waals surface area contributed by atoms with E-state index in [9.17, 15) is 33.6 Å². The number of carbonyl (C=O) groups excluding carboxylic acids is 7. The number of halogens is 2. The number of alkyl carbamates (subject to hydrolysis) is 3. The van der Waals surface area contributed by atoms with Gasteiger partial charge in [0, 0.05) is 58.9 Å². The number of nitrogens with two attached hydrogens (primary N) is 3. The van der Waals surface area contributed by atoms with Crippen LogP contribution in [0.25, 0.3) is 0 Å². The number of amides is 5. The van der Waals surface area contributed by atoms with Crippen molar-refractivity contribution in [3.63, 3.8) is 0 Å². The Bertz CT molecular complexity index is 2320. The van der Waals surface area contributed by atoms with Gasteiger partial charge in [0.25, 0.3) is 0 Å². The zero-order chi connectivity index (χ0) is 52.2. The van der Waals surface area contributed by atoms with Gasteiger partial charge in [0.1, 0.15) is 24.6 Å². The number of ketones is 2. The summed E-state index contributed by atoms with van der Waals surface area (Å²) in [5.74, 6) is -2.87. The van der Waals surface area contributed by atoms with Gasteiger partial charge >= 0.3 is 18.3 Å². The number of Topliss-reactive ketones (excluding diaryl/α,β-unsaturated/α-hetero) is 2. The molecule has 2 unspecified atom stereocenters. The van der Waals surface area contributed by atoms with Gasteiger partial charge in [0.05, 0.1) is 12.1 Å². The largest absolute Gasteiger partial charge is 0.445 e. The molecule has 0 aromatic heterocycles. The maximum Gasteiger partial charge on any atom is 0.408 e. The molecule has 4 aromatic carbocycles. The highest BCUT2D eigenvalue weighted by atomic mass is 35.5. The van der Waals surface area contributed by atoms with Gasteiger partial charge in [0.2, 0.25) is 11.8 Å². The van der Waals surface area contributed by atoms with Gasteiger partial charge in [-0.25, -0.2) is 14.4 Å². The first-order valence-corrected chi connectivity index (χ1v) is 24.3. The van der Waals surface area contributed by atoms with Crippen molar-refractivity contribution in [3.8, 4) is 0 Å². The lowest BCUT2D eigenvalue weighted by Crippen LogP contribution is -2.44. The topological polar surface area (TPSA) is 261 Å². The van der Waals surface area contributed by atoms with E-state index in [-0.39, 0.29) is 37.6 Å². The fourth-order valence-corrected chi connectivity index (χ4v) is 7.39. The van der Waals surface area contributed by atoms with Gasteiger partial charge in [-0.05, 0) is 95.4 Å². The molecule has 0 fully saturated rings. The van der Waals surface area contributed by atoms with Crippen molar-refractivity contribution >= 4 is 64.9 Å². The number of hydrogen-bond donors (Lipinski definition) is 6. The molecule has 0 spiro atoms. The molecule has 0 aliphatic heterocycles. The van der Waals surface area contributed by atoms with Crippen LogP contribution in [0.1, 0.15) is 94.4 Å². The first-order valence-electron chi connectivity index (χ1n) is 23.6. The molecule has 18 heteroatoms. The van der Waals surface area contributed by atoms with Crippen molar-refractivity contribution in [2.45, 2.75) is 116 Å². The SMILES string of the molecule is CC(C)(C)OC(=O)N[C@@H](CCCCNC(=O)OCc1ccccc1Cl)C(=O)CC(Cc1ccccc1)C(N)=O.NC(=O)C(CC(=O)[C@@H](N)CCCCNC(=O)OCc1ccccc1Cl)Cc1ccccc1. The first-order chi connectivity index (χ1) is 33.8. The molecule has 0 bridgehead atoms. The Morgan fingerprint density at radius 2 is 0.958 bits per heavy atom. The molecule has 5 amide bonds. The summed E-state index contributed by atoms with van der Waals surface area (Å²) in [6.45, 7) is 6.03. The molecular weight excluding hydrogens is 952 g/mol. The number of nitrogens with one attached hydrogen (secondary N) is 3. The number of hydrogen-bond acceptors (Lipinski definition) is 11. The predicted octanol–water partition coefficient (Wildman–Crippen LogP) is 8.30. The van der Waals surface area contributed by atoms with E-state index < -0.39 is 59.6 Å². The standard InChI is InChI=1S/C29H38ClN3O6.C24H30ClN3O4/c1-29(2,3)39-28(37)33-24(25(34)18-22(26(31)35)17-20-11-5-4-6-12-20)15-9-10-16-32-27(36)38-19-21-13-7-8-14-23(21)30;25-20-11-5-4-10-18(20)16-32-24(31)28-13-7-6-12-21(26)22(29)15-19(23(27)30)14-17-8-2-1-3-9-17/h4-8,11-14,22,24H,9-10,15-19H2,1-3H3,(H2,31,35)(H,32,36)(H,33,37);1-5,8-11,19,21H,6-7,12-16,26H2,(H2,27,30)(H,28,31)/t22?,24-;19?,21-/m00/s1. The number of rotatable bonds is 27. The molecule has 4 aromatic rings. The molecule has 71 heavy (non-hydrogen) atoms. The van der Waals surface area contributed by atoms with Crippen LogP contribution in [0.4, 0.5) is 14.4 Å². The third-order valence-electron chi connectivity index (χ3n) is 10.9. The summed E-state index contributed by atoms with van der Waals surface area (Å²) in [5, 5.41) is 9.01.